The number of hydrogen-bond acceptors (Lipinski definition) is 9. The van der Waals surface area contributed by atoms with E-state index < -0.39 is 53.2 Å². The van der Waals surface area contributed by atoms with Crippen LogP contribution in [-0.4, -0.2) is 118 Å². The zero-order valence-electron chi connectivity index (χ0n) is 34.4. The number of aromatic amines is 1. The maximum absolute atomic E-state index is 14.7. The van der Waals surface area contributed by atoms with E-state index in [1.54, 1.807) is 42.0 Å². The van der Waals surface area contributed by atoms with Crippen molar-refractivity contribution >= 4 is 35.7 Å². The minimum absolute atomic E-state index is 0.121. The highest BCUT2D eigenvalue weighted by molar-refractivity contribution is 5.99. The first-order valence-corrected chi connectivity index (χ1v) is 20.6. The number of Topliss-reactive ketones (excluding diaryl/α,β-unsaturated/α-hetero) is 1. The Kier molecular flexibility index (Phi) is 13.3. The molecule has 4 heterocycles. The fourth-order valence-electron chi connectivity index (χ4n) is 9.03. The number of alkyl carbamates (subject to hydrolysis) is 1. The zero-order valence-corrected chi connectivity index (χ0v) is 34.4. The van der Waals surface area contributed by atoms with Crippen LogP contribution in [0.25, 0.3) is 0 Å². The van der Waals surface area contributed by atoms with Gasteiger partial charge in [-0.05, 0) is 55.9 Å². The Hall–Kier alpha value is -5.51. The molecule has 0 saturated carbocycles. The minimum atomic E-state index is -1.40. The maximum atomic E-state index is 14.7. The summed E-state index contributed by atoms with van der Waals surface area (Å²) in [4.78, 5) is 92.2. The number of imidazole rings is 1. The van der Waals surface area contributed by atoms with Crippen molar-refractivity contribution in [3.05, 3.63) is 77.9 Å². The Morgan fingerprint density at radius 3 is 2.22 bits per heavy atom. The first kappa shape index (κ1) is 43.1. The third kappa shape index (κ3) is 8.92. The molecule has 3 aliphatic heterocycles. The molecule has 59 heavy (non-hydrogen) atoms. The van der Waals surface area contributed by atoms with Crippen LogP contribution in [0.5, 0.6) is 0 Å². The second kappa shape index (κ2) is 18.2. The first-order chi connectivity index (χ1) is 28.2. The average molecular weight is 816 g/mol. The van der Waals surface area contributed by atoms with E-state index in [1.165, 1.54) is 7.11 Å². The second-order valence-electron chi connectivity index (χ2n) is 16.7. The summed E-state index contributed by atoms with van der Waals surface area (Å²) in [6.07, 6.45) is 10.4. The molecule has 1 unspecified atom stereocenters. The number of ether oxygens (including phenoxy) is 2. The molecule has 0 radical (unpaired) electrons. The number of allylic oxidation sites excluding steroid dienone is 4. The van der Waals surface area contributed by atoms with Gasteiger partial charge >= 0.3 is 12.2 Å². The van der Waals surface area contributed by atoms with Crippen LogP contribution in [0.2, 0.25) is 0 Å². The lowest BCUT2D eigenvalue weighted by Crippen LogP contribution is -2.62. The average Bonchev–Trinajstić information content (AvgIpc) is 4.00. The van der Waals surface area contributed by atoms with Crippen LogP contribution < -0.4 is 16.0 Å². The lowest BCUT2D eigenvalue weighted by atomic mass is 9.74. The van der Waals surface area contributed by atoms with Gasteiger partial charge in [-0.2, -0.15) is 0 Å². The molecule has 2 aromatic rings. The number of nitrogens with one attached hydrogen (secondary N) is 4. The van der Waals surface area contributed by atoms with Crippen LogP contribution in [0.3, 0.4) is 0 Å². The van der Waals surface area contributed by atoms with Crippen molar-refractivity contribution < 1.29 is 43.3 Å². The summed E-state index contributed by atoms with van der Waals surface area (Å²) < 4.78 is 10.5. The molecule has 0 bridgehead atoms. The van der Waals surface area contributed by atoms with Crippen molar-refractivity contribution in [2.45, 2.75) is 107 Å². The highest BCUT2D eigenvalue weighted by Crippen LogP contribution is 2.43. The van der Waals surface area contributed by atoms with Gasteiger partial charge in [0.05, 0.1) is 25.4 Å². The Morgan fingerprint density at radius 2 is 1.59 bits per heavy atom. The molecule has 5 N–H and O–H groups in total. The van der Waals surface area contributed by atoms with Crippen LogP contribution in [-0.2, 0) is 34.1 Å². The summed E-state index contributed by atoms with van der Waals surface area (Å²) in [6, 6.07) is 6.58. The van der Waals surface area contributed by atoms with Crippen LogP contribution in [0.1, 0.15) is 95.3 Å². The van der Waals surface area contributed by atoms with Gasteiger partial charge in [-0.25, -0.2) is 14.6 Å². The van der Waals surface area contributed by atoms with Crippen molar-refractivity contribution in [2.75, 3.05) is 33.4 Å². The molecule has 16 nitrogen and oxygen atoms in total. The summed E-state index contributed by atoms with van der Waals surface area (Å²) in [7, 11) is 1.23. The monoisotopic (exact) mass is 815 g/mol. The van der Waals surface area contributed by atoms with Gasteiger partial charge in [-0.3, -0.25) is 19.2 Å². The number of aromatic nitrogens is 2. The molecule has 1 spiro atoms. The van der Waals surface area contributed by atoms with Crippen molar-refractivity contribution in [3.8, 4) is 0 Å². The summed E-state index contributed by atoms with van der Waals surface area (Å²) >= 11 is 0. The van der Waals surface area contributed by atoms with E-state index in [0.29, 0.717) is 69.8 Å². The van der Waals surface area contributed by atoms with Gasteiger partial charge in [0.25, 0.3) is 0 Å². The fraction of sp³-hybridized carbons (Fsp3) is 0.558. The molecule has 3 fully saturated rings. The third-order valence-electron chi connectivity index (χ3n) is 12.3. The van der Waals surface area contributed by atoms with Gasteiger partial charge < -0.3 is 45.3 Å². The number of ketones is 1. The van der Waals surface area contributed by atoms with Gasteiger partial charge in [0, 0.05) is 37.4 Å². The van der Waals surface area contributed by atoms with E-state index in [1.807, 2.05) is 56.3 Å². The van der Waals surface area contributed by atoms with Crippen LogP contribution >= 0.6 is 0 Å². The molecule has 4 aliphatic rings. The van der Waals surface area contributed by atoms with Gasteiger partial charge in [-0.1, -0.05) is 82.3 Å². The summed E-state index contributed by atoms with van der Waals surface area (Å²) in [5.74, 6) is -1.82. The molecule has 4 atom stereocenters. The topological polar surface area (TPSA) is 212 Å². The van der Waals surface area contributed by atoms with Crippen molar-refractivity contribution in [3.63, 3.8) is 0 Å². The molecule has 6 rings (SSSR count). The summed E-state index contributed by atoms with van der Waals surface area (Å²) in [6.45, 7) is 8.08. The SMILES string of the molecule is COC(=O)N[C@H](C(=O)N1C(C(=O)NCC(=O)C2(c3c[nH]c([C@@H]4CCCN4C(=O)[C@@H](NC(=O)O)C(C)C)n3)C=CC(c3ccccc3)C=C2)CCC12CCOCC2)C(C)C. The summed E-state index contributed by atoms with van der Waals surface area (Å²) in [5.41, 5.74) is -0.635. The lowest BCUT2D eigenvalue weighted by Gasteiger charge is -2.45. The Balaban J connectivity index is 1.27. The third-order valence-corrected chi connectivity index (χ3v) is 12.3. The number of carbonyl (C=O) groups excluding carboxylic acids is 5. The molecular weight excluding hydrogens is 759 g/mol. The Labute approximate surface area is 344 Å². The first-order valence-electron chi connectivity index (χ1n) is 20.6. The van der Waals surface area contributed by atoms with Crippen molar-refractivity contribution in [1.82, 2.24) is 35.7 Å². The van der Waals surface area contributed by atoms with Crippen LogP contribution in [0.15, 0.2) is 60.8 Å². The molecule has 1 aliphatic carbocycles. The molecular formula is C43H57N7O9. The Bertz CT molecular complexity index is 1920. The number of nitrogens with zero attached hydrogens (tertiary/aromatic N) is 3. The van der Waals surface area contributed by atoms with E-state index in [2.05, 4.69) is 20.9 Å². The van der Waals surface area contributed by atoms with Crippen LogP contribution in [0, 0.1) is 11.8 Å². The number of H-pyrrole nitrogens is 1. The number of amides is 5. The largest absolute Gasteiger partial charge is 0.465 e. The molecule has 1 aromatic carbocycles. The molecule has 1 aromatic heterocycles. The van der Waals surface area contributed by atoms with Crippen molar-refractivity contribution in [2.24, 2.45) is 11.8 Å². The molecule has 3 saturated heterocycles. The summed E-state index contributed by atoms with van der Waals surface area (Å²) in [5, 5.41) is 17.3. The van der Waals surface area contributed by atoms with E-state index in [-0.39, 0.29) is 41.9 Å². The normalized spacial score (nSPS) is 24.6. The number of carbonyl (C=O) groups is 6. The highest BCUT2D eigenvalue weighted by atomic mass is 16.5. The van der Waals surface area contributed by atoms with E-state index in [4.69, 9.17) is 14.5 Å². The molecule has 16 heteroatoms. The number of likely N-dealkylation sites (tertiary alicyclic amines) is 2. The number of rotatable bonds is 13. The van der Waals surface area contributed by atoms with Gasteiger partial charge in [0.2, 0.25) is 17.7 Å². The van der Waals surface area contributed by atoms with E-state index in [9.17, 15) is 33.9 Å². The zero-order chi connectivity index (χ0) is 42.5. The predicted molar refractivity (Wildman–Crippen MR) is 216 cm³/mol. The lowest BCUT2D eigenvalue weighted by molar-refractivity contribution is -0.150. The quantitative estimate of drug-likeness (QED) is 0.183. The van der Waals surface area contributed by atoms with Gasteiger partial charge in [0.15, 0.2) is 5.78 Å². The van der Waals surface area contributed by atoms with E-state index in [0.717, 1.165) is 5.56 Å². The van der Waals surface area contributed by atoms with Gasteiger partial charge in [0.1, 0.15) is 29.4 Å². The number of benzene rings is 1. The van der Waals surface area contributed by atoms with E-state index >= 15 is 0 Å². The maximum Gasteiger partial charge on any atom is 0.407 e. The Morgan fingerprint density at radius 1 is 0.932 bits per heavy atom. The standard InChI is InChI=1S/C43H57N7O9/c1-26(2)34(47-40(55)56)38(53)49-21-9-12-30(49)36-44-24-32(46-36)43(17-13-29(14-18-43)28-10-7-6-8-11-28)33(51)25-45-37(52)31-15-16-42(19-22-59-23-20-42)50(31)39(54)35(27(3)4)48-41(57)58-5/h6-8,10-11,13-14,17-18,24,26-27,29-31,34-35,47H,9,12,15-16,19-23,25H2,1-5H3,(H,44,46)(H,45,52)(H,48,57)(H,55,56)/t29?,30-,31?,34-,35-,43?/m0/s1. The number of methoxy groups -OCH3 is 1. The fourth-order valence-corrected chi connectivity index (χ4v) is 9.03. The smallest absolute Gasteiger partial charge is 0.407 e. The number of hydrogen-bond donors (Lipinski definition) is 5. The van der Waals surface area contributed by atoms with Crippen molar-refractivity contribution in [1.29, 1.82) is 0 Å². The molecule has 5 amide bonds. The predicted octanol–water partition coefficient (Wildman–Crippen LogP) is 4.12. The second-order valence-corrected chi connectivity index (χ2v) is 16.7. The minimum Gasteiger partial charge on any atom is -0.465 e. The molecule has 318 valence electrons. The highest BCUT2D eigenvalue weighted by Gasteiger charge is 2.53. The van der Waals surface area contributed by atoms with Crippen LogP contribution in [0.4, 0.5) is 9.59 Å². The number of carboxylic acid groups (broad SMARTS) is 1. The van der Waals surface area contributed by atoms with Gasteiger partial charge in [-0.15, -0.1) is 0 Å².